The molecule has 0 spiro atoms. The van der Waals surface area contributed by atoms with Crippen LogP contribution in [0.3, 0.4) is 0 Å². The molecule has 1 fully saturated rings. The summed E-state index contributed by atoms with van der Waals surface area (Å²) in [6.07, 6.45) is 2.03. The molecule has 70 valence electrons. The van der Waals surface area contributed by atoms with Crippen molar-refractivity contribution in [1.29, 1.82) is 0 Å². The van der Waals surface area contributed by atoms with E-state index in [2.05, 4.69) is 5.32 Å². The van der Waals surface area contributed by atoms with E-state index in [1.54, 1.807) is 0 Å². The van der Waals surface area contributed by atoms with E-state index in [9.17, 15) is 9.90 Å². The van der Waals surface area contributed by atoms with Gasteiger partial charge in [0.15, 0.2) is 0 Å². The molecule has 0 aromatic heterocycles. The zero-order chi connectivity index (χ0) is 9.35. The zero-order valence-electron chi connectivity index (χ0n) is 7.37. The Morgan fingerprint density at radius 3 is 2.33 bits per heavy atom. The first kappa shape index (κ1) is 9.48. The van der Waals surface area contributed by atoms with Crippen molar-refractivity contribution in [2.24, 2.45) is 0 Å². The number of carboxylic acids is 1. The maximum atomic E-state index is 10.7. The van der Waals surface area contributed by atoms with Crippen molar-refractivity contribution in [3.05, 3.63) is 0 Å². The lowest BCUT2D eigenvalue weighted by Crippen LogP contribution is -2.52. The van der Waals surface area contributed by atoms with Gasteiger partial charge in [0.05, 0.1) is 5.60 Å². The molecule has 1 atom stereocenters. The second kappa shape index (κ2) is 3.03. The van der Waals surface area contributed by atoms with Gasteiger partial charge in [-0.1, -0.05) is 0 Å². The lowest BCUT2D eigenvalue weighted by Gasteiger charge is -2.26. The maximum absolute atomic E-state index is 10.7. The third-order valence-electron chi connectivity index (χ3n) is 1.93. The summed E-state index contributed by atoms with van der Waals surface area (Å²) in [6.45, 7) is 3.00. The average molecular weight is 173 g/mol. The lowest BCUT2D eigenvalue weighted by molar-refractivity contribution is -0.145. The number of aliphatic hydroxyl groups is 1. The minimum atomic E-state index is -1.20. The molecular formula is C8H15NO3. The predicted molar refractivity (Wildman–Crippen MR) is 43.9 cm³/mol. The van der Waals surface area contributed by atoms with Gasteiger partial charge in [-0.05, 0) is 26.7 Å². The number of carbonyl (C=O) groups is 1. The maximum Gasteiger partial charge on any atom is 0.323 e. The van der Waals surface area contributed by atoms with Crippen LogP contribution in [0.4, 0.5) is 0 Å². The van der Waals surface area contributed by atoms with Crippen LogP contribution in [-0.2, 0) is 4.79 Å². The largest absolute Gasteiger partial charge is 0.480 e. The van der Waals surface area contributed by atoms with Gasteiger partial charge >= 0.3 is 5.97 Å². The summed E-state index contributed by atoms with van der Waals surface area (Å²) in [5.41, 5.74) is -1.20. The third-order valence-corrected chi connectivity index (χ3v) is 1.93. The molecule has 0 bridgehead atoms. The highest BCUT2D eigenvalue weighted by atomic mass is 16.4. The van der Waals surface area contributed by atoms with E-state index in [4.69, 9.17) is 5.11 Å². The SMILES string of the molecule is CC(C)(O)C(NC1CC1)C(=O)O. The van der Waals surface area contributed by atoms with Crippen molar-refractivity contribution in [3.8, 4) is 0 Å². The number of hydrogen-bond acceptors (Lipinski definition) is 3. The quantitative estimate of drug-likeness (QED) is 0.558. The Morgan fingerprint density at radius 2 is 2.08 bits per heavy atom. The van der Waals surface area contributed by atoms with Crippen molar-refractivity contribution >= 4 is 5.97 Å². The molecule has 0 radical (unpaired) electrons. The van der Waals surface area contributed by atoms with Crippen LogP contribution < -0.4 is 5.32 Å². The van der Waals surface area contributed by atoms with E-state index < -0.39 is 17.6 Å². The fraction of sp³-hybridized carbons (Fsp3) is 0.875. The Bertz CT molecular complexity index is 181. The summed E-state index contributed by atoms with van der Waals surface area (Å²) >= 11 is 0. The van der Waals surface area contributed by atoms with Gasteiger partial charge in [-0.3, -0.25) is 10.1 Å². The molecule has 1 aliphatic rings. The van der Waals surface area contributed by atoms with E-state index in [0.717, 1.165) is 12.8 Å². The first-order valence-electron chi connectivity index (χ1n) is 4.12. The fourth-order valence-electron chi connectivity index (χ4n) is 1.06. The standard InChI is InChI=1S/C8H15NO3/c1-8(2,12)6(7(10)11)9-5-3-4-5/h5-6,9,12H,3-4H2,1-2H3,(H,10,11). The molecule has 4 heteroatoms. The van der Waals surface area contributed by atoms with Gasteiger partial charge in [-0.15, -0.1) is 0 Å². The molecule has 1 unspecified atom stereocenters. The molecule has 0 amide bonds. The summed E-state index contributed by atoms with van der Waals surface area (Å²) in [6, 6.07) is -0.567. The second-order valence-electron chi connectivity index (χ2n) is 3.87. The number of hydrogen-bond donors (Lipinski definition) is 3. The van der Waals surface area contributed by atoms with E-state index in [1.165, 1.54) is 13.8 Å². The first-order valence-corrected chi connectivity index (χ1v) is 4.12. The van der Waals surface area contributed by atoms with E-state index in [0.29, 0.717) is 0 Å². The molecule has 3 N–H and O–H groups in total. The molecule has 12 heavy (non-hydrogen) atoms. The van der Waals surface area contributed by atoms with Gasteiger partial charge in [-0.25, -0.2) is 0 Å². The highest BCUT2D eigenvalue weighted by Gasteiger charge is 2.37. The molecule has 1 saturated carbocycles. The van der Waals surface area contributed by atoms with Gasteiger partial charge in [0.1, 0.15) is 6.04 Å². The van der Waals surface area contributed by atoms with Crippen LogP contribution in [-0.4, -0.2) is 33.9 Å². The van der Waals surface area contributed by atoms with Crippen molar-refractivity contribution in [3.63, 3.8) is 0 Å². The number of carboxylic acid groups (broad SMARTS) is 1. The number of aliphatic carboxylic acids is 1. The van der Waals surface area contributed by atoms with Crippen LogP contribution in [0.2, 0.25) is 0 Å². The molecule has 0 saturated heterocycles. The Labute approximate surface area is 71.6 Å². The molecule has 0 aliphatic heterocycles. The minimum absolute atomic E-state index is 0.289. The number of rotatable bonds is 4. The van der Waals surface area contributed by atoms with Gasteiger partial charge < -0.3 is 10.2 Å². The summed E-state index contributed by atoms with van der Waals surface area (Å²) in [4.78, 5) is 10.7. The lowest BCUT2D eigenvalue weighted by atomic mass is 9.99. The molecule has 0 heterocycles. The van der Waals surface area contributed by atoms with E-state index in [1.807, 2.05) is 0 Å². The highest BCUT2D eigenvalue weighted by Crippen LogP contribution is 2.22. The predicted octanol–water partition coefficient (Wildman–Crippen LogP) is -0.0375. The molecule has 0 aromatic rings. The van der Waals surface area contributed by atoms with Crippen molar-refractivity contribution in [1.82, 2.24) is 5.32 Å². The summed E-state index contributed by atoms with van der Waals surface area (Å²) in [5, 5.41) is 21.1. The highest BCUT2D eigenvalue weighted by molar-refractivity contribution is 5.75. The Balaban J connectivity index is 2.53. The van der Waals surface area contributed by atoms with Crippen molar-refractivity contribution in [2.75, 3.05) is 0 Å². The number of nitrogens with one attached hydrogen (secondary N) is 1. The third kappa shape index (κ3) is 2.46. The van der Waals surface area contributed by atoms with Crippen LogP contribution in [0.15, 0.2) is 0 Å². The van der Waals surface area contributed by atoms with E-state index >= 15 is 0 Å². The molecule has 4 nitrogen and oxygen atoms in total. The smallest absolute Gasteiger partial charge is 0.323 e. The van der Waals surface area contributed by atoms with Gasteiger partial charge in [0, 0.05) is 6.04 Å². The minimum Gasteiger partial charge on any atom is -0.480 e. The van der Waals surface area contributed by atoms with E-state index in [-0.39, 0.29) is 6.04 Å². The fourth-order valence-corrected chi connectivity index (χ4v) is 1.06. The summed E-state index contributed by atoms with van der Waals surface area (Å²) in [7, 11) is 0. The Hall–Kier alpha value is -0.610. The van der Waals surface area contributed by atoms with Crippen LogP contribution >= 0.6 is 0 Å². The molecule has 1 aliphatic carbocycles. The summed E-state index contributed by atoms with van der Waals surface area (Å²) in [5.74, 6) is -0.991. The van der Waals surface area contributed by atoms with Gasteiger partial charge in [-0.2, -0.15) is 0 Å². The topological polar surface area (TPSA) is 69.6 Å². The van der Waals surface area contributed by atoms with Gasteiger partial charge in [0.2, 0.25) is 0 Å². The van der Waals surface area contributed by atoms with Crippen LogP contribution in [0.1, 0.15) is 26.7 Å². The Morgan fingerprint density at radius 1 is 1.58 bits per heavy atom. The van der Waals surface area contributed by atoms with Crippen molar-refractivity contribution < 1.29 is 15.0 Å². The zero-order valence-corrected chi connectivity index (χ0v) is 7.37. The summed E-state index contributed by atoms with van der Waals surface area (Å²) < 4.78 is 0. The van der Waals surface area contributed by atoms with Crippen LogP contribution in [0.25, 0.3) is 0 Å². The molecule has 1 rings (SSSR count). The van der Waals surface area contributed by atoms with Crippen LogP contribution in [0.5, 0.6) is 0 Å². The van der Waals surface area contributed by atoms with Crippen molar-refractivity contribution in [2.45, 2.75) is 44.4 Å². The van der Waals surface area contributed by atoms with Gasteiger partial charge in [0.25, 0.3) is 0 Å². The van der Waals surface area contributed by atoms with Crippen LogP contribution in [0, 0.1) is 0 Å². The first-order chi connectivity index (χ1) is 5.41. The molecular weight excluding hydrogens is 158 g/mol. The Kier molecular flexibility index (Phi) is 2.39. The average Bonchev–Trinajstić information content (AvgIpc) is 2.61. The molecule has 0 aromatic carbocycles. The normalized spacial score (nSPS) is 20.6. The second-order valence-corrected chi connectivity index (χ2v) is 3.87. The monoisotopic (exact) mass is 173 g/mol.